The summed E-state index contributed by atoms with van der Waals surface area (Å²) < 4.78 is 43.2. The first-order valence-electron chi connectivity index (χ1n) is 5.35. The molecule has 5 nitrogen and oxygen atoms in total. The number of aromatic nitrogens is 2. The minimum atomic E-state index is -4.47. The first kappa shape index (κ1) is 12.9. The van der Waals surface area contributed by atoms with Crippen molar-refractivity contribution in [1.82, 2.24) is 9.78 Å². The van der Waals surface area contributed by atoms with E-state index in [0.29, 0.717) is 12.8 Å². The van der Waals surface area contributed by atoms with Gasteiger partial charge in [0.05, 0.1) is 12.6 Å². The molecule has 1 aliphatic heterocycles. The summed E-state index contributed by atoms with van der Waals surface area (Å²) in [5.41, 5.74) is -0.963. The third-order valence-corrected chi connectivity index (χ3v) is 2.70. The number of hydrogen-bond donors (Lipinski definition) is 1. The maximum absolute atomic E-state index is 12.3. The molecule has 0 spiro atoms. The lowest BCUT2D eigenvalue weighted by atomic mass is 10.2. The van der Waals surface area contributed by atoms with Crippen LogP contribution in [0.5, 0.6) is 0 Å². The number of ether oxygens (including phenoxy) is 1. The van der Waals surface area contributed by atoms with E-state index in [2.05, 4.69) is 5.10 Å². The van der Waals surface area contributed by atoms with E-state index in [0.717, 1.165) is 10.7 Å². The van der Waals surface area contributed by atoms with Crippen LogP contribution in [0.2, 0.25) is 0 Å². The number of aliphatic carboxylic acids is 1. The molecular formula is C10H11F3N2O3. The van der Waals surface area contributed by atoms with Crippen molar-refractivity contribution in [3.63, 3.8) is 0 Å². The molecule has 1 aromatic rings. The zero-order valence-electron chi connectivity index (χ0n) is 9.22. The standard InChI is InChI=1S/C10H11F3N2O3/c11-10(12,13)8-3-4-15(14-8)5-6-1-2-7(18-6)9(16)17/h3-4,6-7H,1-2,5H2,(H,16,17). The number of carbonyl (C=O) groups is 1. The molecule has 2 unspecified atom stereocenters. The molecule has 0 aromatic carbocycles. The summed E-state index contributed by atoms with van der Waals surface area (Å²) in [5, 5.41) is 12.1. The van der Waals surface area contributed by atoms with Gasteiger partial charge in [0.25, 0.3) is 0 Å². The molecule has 18 heavy (non-hydrogen) atoms. The molecule has 0 saturated carbocycles. The van der Waals surface area contributed by atoms with Crippen molar-refractivity contribution in [3.8, 4) is 0 Å². The summed E-state index contributed by atoms with van der Waals surface area (Å²) in [6.45, 7) is 0.125. The minimum absolute atomic E-state index is 0.125. The van der Waals surface area contributed by atoms with Crippen LogP contribution in [0, 0.1) is 0 Å². The number of halogens is 3. The molecule has 1 saturated heterocycles. The van der Waals surface area contributed by atoms with Crippen LogP contribution in [0.25, 0.3) is 0 Å². The molecule has 1 N–H and O–H groups in total. The Bertz CT molecular complexity index is 444. The zero-order chi connectivity index (χ0) is 13.3. The number of hydrogen-bond acceptors (Lipinski definition) is 3. The second kappa shape index (κ2) is 4.60. The molecule has 0 amide bonds. The van der Waals surface area contributed by atoms with E-state index in [-0.39, 0.29) is 6.54 Å². The van der Waals surface area contributed by atoms with Gasteiger partial charge >= 0.3 is 12.1 Å². The average molecular weight is 264 g/mol. The van der Waals surface area contributed by atoms with Crippen LogP contribution in [0.1, 0.15) is 18.5 Å². The van der Waals surface area contributed by atoms with Gasteiger partial charge in [0.15, 0.2) is 11.8 Å². The number of carboxylic acids is 1. The van der Waals surface area contributed by atoms with Crippen molar-refractivity contribution in [3.05, 3.63) is 18.0 Å². The summed E-state index contributed by atoms with van der Waals surface area (Å²) in [7, 11) is 0. The summed E-state index contributed by atoms with van der Waals surface area (Å²) >= 11 is 0. The number of rotatable bonds is 3. The normalized spacial score (nSPS) is 24.4. The molecule has 1 fully saturated rings. The van der Waals surface area contributed by atoms with Gasteiger partial charge in [-0.2, -0.15) is 18.3 Å². The van der Waals surface area contributed by atoms with Gasteiger partial charge in [0, 0.05) is 6.20 Å². The monoisotopic (exact) mass is 264 g/mol. The summed E-state index contributed by atoms with van der Waals surface area (Å²) in [4.78, 5) is 10.6. The second-order valence-electron chi connectivity index (χ2n) is 4.08. The van der Waals surface area contributed by atoms with Gasteiger partial charge in [0.1, 0.15) is 0 Å². The SMILES string of the molecule is O=C(O)C1CCC(Cn2ccc(C(F)(F)F)n2)O1. The fourth-order valence-electron chi connectivity index (χ4n) is 1.84. The lowest BCUT2D eigenvalue weighted by Gasteiger charge is -2.11. The van der Waals surface area contributed by atoms with E-state index in [1.807, 2.05) is 0 Å². The van der Waals surface area contributed by atoms with Crippen LogP contribution in [-0.2, 0) is 22.3 Å². The van der Waals surface area contributed by atoms with Crippen LogP contribution in [0.3, 0.4) is 0 Å². The molecule has 2 heterocycles. The number of carboxylic acid groups (broad SMARTS) is 1. The fourth-order valence-corrected chi connectivity index (χ4v) is 1.84. The zero-order valence-corrected chi connectivity index (χ0v) is 9.22. The Labute approximate surface area is 100 Å². The highest BCUT2D eigenvalue weighted by atomic mass is 19.4. The van der Waals surface area contributed by atoms with Crippen molar-refractivity contribution in [1.29, 1.82) is 0 Å². The Morgan fingerprint density at radius 3 is 2.78 bits per heavy atom. The molecular weight excluding hydrogens is 253 g/mol. The van der Waals surface area contributed by atoms with E-state index in [1.54, 1.807) is 0 Å². The second-order valence-corrected chi connectivity index (χ2v) is 4.08. The Kier molecular flexibility index (Phi) is 3.29. The molecule has 2 rings (SSSR count). The lowest BCUT2D eigenvalue weighted by molar-refractivity contribution is -0.149. The van der Waals surface area contributed by atoms with Gasteiger partial charge in [-0.3, -0.25) is 4.68 Å². The van der Waals surface area contributed by atoms with Gasteiger partial charge in [-0.05, 0) is 18.9 Å². The fraction of sp³-hybridized carbons (Fsp3) is 0.600. The first-order chi connectivity index (χ1) is 8.36. The smallest absolute Gasteiger partial charge is 0.435 e. The summed E-state index contributed by atoms with van der Waals surface area (Å²) in [6, 6.07) is 0.879. The first-order valence-corrected chi connectivity index (χ1v) is 5.35. The summed E-state index contributed by atoms with van der Waals surface area (Å²) in [6.07, 6.45) is -3.67. The van der Waals surface area contributed by atoms with Crippen LogP contribution in [0.4, 0.5) is 13.2 Å². The Morgan fingerprint density at radius 2 is 2.28 bits per heavy atom. The predicted octanol–water partition coefficient (Wildman–Crippen LogP) is 1.53. The van der Waals surface area contributed by atoms with Gasteiger partial charge in [0.2, 0.25) is 0 Å². The Balaban J connectivity index is 1.95. The van der Waals surface area contributed by atoms with Crippen molar-refractivity contribution in [2.45, 2.75) is 37.8 Å². The van der Waals surface area contributed by atoms with Crippen molar-refractivity contribution < 1.29 is 27.8 Å². The van der Waals surface area contributed by atoms with Gasteiger partial charge in [-0.15, -0.1) is 0 Å². The van der Waals surface area contributed by atoms with Gasteiger partial charge in [-0.1, -0.05) is 0 Å². The number of alkyl halides is 3. The average Bonchev–Trinajstić information content (AvgIpc) is 2.85. The maximum atomic E-state index is 12.3. The third-order valence-electron chi connectivity index (χ3n) is 2.70. The third kappa shape index (κ3) is 2.81. The molecule has 100 valence electrons. The maximum Gasteiger partial charge on any atom is 0.435 e. The molecule has 1 aromatic heterocycles. The Morgan fingerprint density at radius 1 is 1.56 bits per heavy atom. The summed E-state index contributed by atoms with van der Waals surface area (Å²) in [5.74, 6) is -1.05. The van der Waals surface area contributed by atoms with Gasteiger partial charge in [-0.25, -0.2) is 4.79 Å². The quantitative estimate of drug-likeness (QED) is 0.899. The van der Waals surface area contributed by atoms with Gasteiger partial charge < -0.3 is 9.84 Å². The highest BCUT2D eigenvalue weighted by Gasteiger charge is 2.34. The molecule has 0 radical (unpaired) electrons. The minimum Gasteiger partial charge on any atom is -0.479 e. The van der Waals surface area contributed by atoms with E-state index in [1.165, 1.54) is 6.20 Å². The van der Waals surface area contributed by atoms with E-state index >= 15 is 0 Å². The highest BCUT2D eigenvalue weighted by molar-refractivity contribution is 5.72. The van der Waals surface area contributed by atoms with Crippen LogP contribution in [-0.4, -0.2) is 33.1 Å². The molecule has 8 heteroatoms. The molecule has 0 aliphatic carbocycles. The van der Waals surface area contributed by atoms with Crippen molar-refractivity contribution >= 4 is 5.97 Å². The van der Waals surface area contributed by atoms with Crippen molar-refractivity contribution in [2.75, 3.05) is 0 Å². The Hall–Kier alpha value is -1.57. The van der Waals surface area contributed by atoms with Crippen LogP contribution < -0.4 is 0 Å². The number of nitrogens with zero attached hydrogens (tertiary/aromatic N) is 2. The molecule has 2 atom stereocenters. The lowest BCUT2D eigenvalue weighted by Crippen LogP contribution is -2.23. The van der Waals surface area contributed by atoms with E-state index in [4.69, 9.17) is 9.84 Å². The van der Waals surface area contributed by atoms with Crippen LogP contribution >= 0.6 is 0 Å². The molecule has 0 bridgehead atoms. The molecule has 1 aliphatic rings. The van der Waals surface area contributed by atoms with Crippen LogP contribution in [0.15, 0.2) is 12.3 Å². The van der Waals surface area contributed by atoms with Crippen molar-refractivity contribution in [2.24, 2.45) is 0 Å². The highest BCUT2D eigenvalue weighted by Crippen LogP contribution is 2.27. The topological polar surface area (TPSA) is 64.3 Å². The largest absolute Gasteiger partial charge is 0.479 e. The van der Waals surface area contributed by atoms with E-state index < -0.39 is 30.0 Å². The predicted molar refractivity (Wildman–Crippen MR) is 52.8 cm³/mol. The van der Waals surface area contributed by atoms with E-state index in [9.17, 15) is 18.0 Å².